The topological polar surface area (TPSA) is 41.6 Å². The van der Waals surface area contributed by atoms with Crippen LogP contribution in [-0.2, 0) is 9.53 Å². The van der Waals surface area contributed by atoms with E-state index in [9.17, 15) is 4.79 Å². The van der Waals surface area contributed by atoms with E-state index < -0.39 is 0 Å². The van der Waals surface area contributed by atoms with E-state index >= 15 is 0 Å². The monoisotopic (exact) mass is 354 g/mol. The van der Waals surface area contributed by atoms with Gasteiger partial charge in [0, 0.05) is 23.6 Å². The first-order chi connectivity index (χ1) is 9.65. The zero-order valence-electron chi connectivity index (χ0n) is 10.8. The van der Waals surface area contributed by atoms with Crippen molar-refractivity contribution in [3.05, 3.63) is 40.4 Å². The molecule has 2 rings (SSSR count). The van der Waals surface area contributed by atoms with Gasteiger partial charge >= 0.3 is 0 Å². The highest BCUT2D eigenvalue weighted by Gasteiger charge is 2.14. The molecule has 4 nitrogen and oxygen atoms in total. The zero-order valence-corrected chi connectivity index (χ0v) is 13.2. The van der Waals surface area contributed by atoms with E-state index in [2.05, 4.69) is 21.2 Å². The highest BCUT2D eigenvalue weighted by Crippen LogP contribution is 2.11. The fraction of sp³-hybridized carbons (Fsp3) is 0.286. The van der Waals surface area contributed by atoms with Crippen LogP contribution < -0.4 is 5.32 Å². The summed E-state index contributed by atoms with van der Waals surface area (Å²) in [7, 11) is 0. The average Bonchev–Trinajstić information content (AvgIpc) is 2.47. The van der Waals surface area contributed by atoms with Gasteiger partial charge in [0.2, 0.25) is 5.91 Å². The number of thiocarbonyl (C=S) groups is 1. The van der Waals surface area contributed by atoms with Gasteiger partial charge in [0.1, 0.15) is 0 Å². The quantitative estimate of drug-likeness (QED) is 0.652. The molecule has 1 aromatic rings. The van der Waals surface area contributed by atoms with Crippen molar-refractivity contribution in [3.8, 4) is 0 Å². The van der Waals surface area contributed by atoms with Gasteiger partial charge in [0.15, 0.2) is 5.11 Å². The fourth-order valence-electron chi connectivity index (χ4n) is 1.74. The van der Waals surface area contributed by atoms with E-state index in [0.29, 0.717) is 18.3 Å². The van der Waals surface area contributed by atoms with Crippen molar-refractivity contribution < 1.29 is 9.53 Å². The number of halogens is 1. The Labute approximate surface area is 131 Å². The first kappa shape index (κ1) is 15.2. The Bertz CT molecular complexity index is 510. The number of benzene rings is 1. The van der Waals surface area contributed by atoms with Gasteiger partial charge in [0.05, 0.1) is 13.2 Å². The molecule has 0 unspecified atom stereocenters. The second kappa shape index (κ2) is 7.52. The van der Waals surface area contributed by atoms with E-state index in [1.54, 1.807) is 6.08 Å². The number of rotatable bonds is 2. The molecule has 1 saturated heterocycles. The maximum Gasteiger partial charge on any atom is 0.250 e. The van der Waals surface area contributed by atoms with Crippen LogP contribution in [-0.4, -0.2) is 42.2 Å². The van der Waals surface area contributed by atoms with Gasteiger partial charge in [-0.25, -0.2) is 0 Å². The van der Waals surface area contributed by atoms with Crippen LogP contribution in [0.2, 0.25) is 0 Å². The number of nitrogens with zero attached hydrogens (tertiary/aromatic N) is 1. The molecule has 1 amide bonds. The lowest BCUT2D eigenvalue weighted by Gasteiger charge is -2.28. The van der Waals surface area contributed by atoms with Crippen LogP contribution in [0.4, 0.5) is 0 Å². The Balaban J connectivity index is 1.85. The number of nitrogens with one attached hydrogen (secondary N) is 1. The molecule has 0 saturated carbocycles. The van der Waals surface area contributed by atoms with Crippen LogP contribution in [0, 0.1) is 0 Å². The predicted molar refractivity (Wildman–Crippen MR) is 86.3 cm³/mol. The Hall–Kier alpha value is -1.24. The average molecular weight is 355 g/mol. The van der Waals surface area contributed by atoms with E-state index in [1.807, 2.05) is 29.2 Å². The molecule has 1 fully saturated rings. The second-order valence-corrected chi connectivity index (χ2v) is 5.58. The summed E-state index contributed by atoms with van der Waals surface area (Å²) in [5.41, 5.74) is 0.959. The summed E-state index contributed by atoms with van der Waals surface area (Å²) in [5, 5.41) is 3.16. The molecular formula is C14H15BrN2O2S. The lowest BCUT2D eigenvalue weighted by molar-refractivity contribution is -0.115. The Morgan fingerprint density at radius 2 is 1.95 bits per heavy atom. The molecule has 0 spiro atoms. The van der Waals surface area contributed by atoms with Gasteiger partial charge < -0.3 is 9.64 Å². The van der Waals surface area contributed by atoms with Gasteiger partial charge in [-0.2, -0.15) is 0 Å². The molecule has 1 aromatic carbocycles. The molecule has 0 atom stereocenters. The molecule has 6 heteroatoms. The number of carbonyl (C=O) groups excluding carboxylic acids is 1. The van der Waals surface area contributed by atoms with Crippen LogP contribution in [0.1, 0.15) is 5.56 Å². The summed E-state index contributed by atoms with van der Waals surface area (Å²) in [5.74, 6) is -0.218. The first-order valence-corrected chi connectivity index (χ1v) is 7.46. The minimum atomic E-state index is -0.218. The third-order valence-corrected chi connectivity index (χ3v) is 3.71. The maximum absolute atomic E-state index is 11.8. The minimum Gasteiger partial charge on any atom is -0.378 e. The molecular weight excluding hydrogens is 340 g/mol. The maximum atomic E-state index is 11.8. The summed E-state index contributed by atoms with van der Waals surface area (Å²) in [6.45, 7) is 2.72. The van der Waals surface area contributed by atoms with Crippen LogP contribution in [0.15, 0.2) is 34.8 Å². The van der Waals surface area contributed by atoms with Crippen molar-refractivity contribution in [1.29, 1.82) is 0 Å². The summed E-state index contributed by atoms with van der Waals surface area (Å²) in [4.78, 5) is 13.7. The zero-order chi connectivity index (χ0) is 14.4. The first-order valence-electron chi connectivity index (χ1n) is 6.26. The number of carbonyl (C=O) groups is 1. The molecule has 0 radical (unpaired) electrons. The summed E-state index contributed by atoms with van der Waals surface area (Å²) < 4.78 is 6.25. The number of morpholine rings is 1. The lowest BCUT2D eigenvalue weighted by atomic mass is 10.2. The molecule has 1 aliphatic rings. The molecule has 1 heterocycles. The third-order valence-electron chi connectivity index (χ3n) is 2.83. The normalized spacial score (nSPS) is 15.3. The van der Waals surface area contributed by atoms with Crippen LogP contribution >= 0.6 is 28.1 Å². The Morgan fingerprint density at radius 1 is 1.30 bits per heavy atom. The van der Waals surface area contributed by atoms with Gasteiger partial charge in [0.25, 0.3) is 0 Å². The number of amides is 1. The van der Waals surface area contributed by atoms with E-state index in [1.165, 1.54) is 6.08 Å². The molecule has 0 aromatic heterocycles. The standard InChI is InChI=1S/C14H15BrN2O2S/c15-12-4-1-11(2-5-12)3-6-13(18)16-14(20)17-7-9-19-10-8-17/h1-6H,7-10H2,(H,16,18,20). The number of hydrogen-bond donors (Lipinski definition) is 1. The van der Waals surface area contributed by atoms with E-state index in [-0.39, 0.29) is 5.91 Å². The van der Waals surface area contributed by atoms with Crippen molar-refractivity contribution in [2.45, 2.75) is 0 Å². The van der Waals surface area contributed by atoms with Gasteiger partial charge in [-0.05, 0) is 36.0 Å². The third kappa shape index (κ3) is 4.70. The summed E-state index contributed by atoms with van der Waals surface area (Å²) >= 11 is 8.56. The second-order valence-electron chi connectivity index (χ2n) is 4.28. The van der Waals surface area contributed by atoms with Crippen molar-refractivity contribution >= 4 is 45.2 Å². The highest BCUT2D eigenvalue weighted by molar-refractivity contribution is 9.10. The van der Waals surface area contributed by atoms with Crippen molar-refractivity contribution in [1.82, 2.24) is 10.2 Å². The van der Waals surface area contributed by atoms with E-state index in [4.69, 9.17) is 17.0 Å². The van der Waals surface area contributed by atoms with Crippen LogP contribution in [0.5, 0.6) is 0 Å². The van der Waals surface area contributed by atoms with Crippen LogP contribution in [0.25, 0.3) is 6.08 Å². The molecule has 1 N–H and O–H groups in total. The highest BCUT2D eigenvalue weighted by atomic mass is 79.9. The largest absolute Gasteiger partial charge is 0.378 e. The van der Waals surface area contributed by atoms with Crippen LogP contribution in [0.3, 0.4) is 0 Å². The molecule has 0 aliphatic carbocycles. The molecule has 20 heavy (non-hydrogen) atoms. The fourth-order valence-corrected chi connectivity index (χ4v) is 2.29. The van der Waals surface area contributed by atoms with Crippen molar-refractivity contribution in [2.24, 2.45) is 0 Å². The molecule has 1 aliphatic heterocycles. The van der Waals surface area contributed by atoms with Crippen molar-refractivity contribution in [3.63, 3.8) is 0 Å². The SMILES string of the molecule is O=C(C=Cc1ccc(Br)cc1)NC(=S)N1CCOCC1. The summed E-state index contributed by atoms with van der Waals surface area (Å²) in [6, 6.07) is 7.70. The Morgan fingerprint density at radius 3 is 2.60 bits per heavy atom. The predicted octanol–water partition coefficient (Wildman–Crippen LogP) is 2.20. The number of ether oxygens (including phenoxy) is 1. The lowest BCUT2D eigenvalue weighted by Crippen LogP contribution is -2.47. The molecule has 106 valence electrons. The summed E-state index contributed by atoms with van der Waals surface area (Å²) in [6.07, 6.45) is 3.24. The van der Waals surface area contributed by atoms with Gasteiger partial charge in [-0.3, -0.25) is 10.1 Å². The number of hydrogen-bond acceptors (Lipinski definition) is 3. The molecule has 0 bridgehead atoms. The minimum absolute atomic E-state index is 0.218. The Kier molecular flexibility index (Phi) is 5.70. The smallest absolute Gasteiger partial charge is 0.250 e. The van der Waals surface area contributed by atoms with E-state index in [0.717, 1.165) is 23.1 Å². The van der Waals surface area contributed by atoms with Gasteiger partial charge in [-0.1, -0.05) is 28.1 Å². The van der Waals surface area contributed by atoms with Crippen molar-refractivity contribution in [2.75, 3.05) is 26.3 Å². The van der Waals surface area contributed by atoms with Gasteiger partial charge in [-0.15, -0.1) is 0 Å².